The third-order valence-electron chi connectivity index (χ3n) is 5.48. The van der Waals surface area contributed by atoms with Gasteiger partial charge in [0, 0.05) is 18.7 Å². The van der Waals surface area contributed by atoms with E-state index in [2.05, 4.69) is 60.2 Å². The van der Waals surface area contributed by atoms with Crippen molar-refractivity contribution in [1.82, 2.24) is 9.97 Å². The van der Waals surface area contributed by atoms with Crippen LogP contribution in [0.25, 0.3) is 22.4 Å². The molecule has 0 saturated heterocycles. The quantitative estimate of drug-likeness (QED) is 0.371. The van der Waals surface area contributed by atoms with Crippen molar-refractivity contribution in [2.75, 3.05) is 23.3 Å². The molecule has 0 radical (unpaired) electrons. The van der Waals surface area contributed by atoms with E-state index in [-0.39, 0.29) is 6.61 Å². The van der Waals surface area contributed by atoms with Gasteiger partial charge in [0.1, 0.15) is 12.4 Å². The molecule has 1 amide bonds. The highest BCUT2D eigenvalue weighted by Gasteiger charge is 2.16. The average Bonchev–Trinajstić information content (AvgIpc) is 3.22. The number of carbonyl (C=O) groups excluding carboxylic acids is 1. The predicted molar refractivity (Wildman–Crippen MR) is 130 cm³/mol. The fraction of sp³-hybridized carbons (Fsp3) is 0.231. The molecule has 32 heavy (non-hydrogen) atoms. The lowest BCUT2D eigenvalue weighted by Crippen LogP contribution is -2.24. The molecule has 2 N–H and O–H groups in total. The summed E-state index contributed by atoms with van der Waals surface area (Å²) in [5, 5.41) is 2.93. The number of anilines is 2. The molecule has 0 bridgehead atoms. The molecule has 4 rings (SSSR count). The van der Waals surface area contributed by atoms with Crippen molar-refractivity contribution in [1.29, 1.82) is 0 Å². The lowest BCUT2D eigenvalue weighted by Gasteiger charge is -2.24. The molecular formula is C26H28N4O2. The maximum atomic E-state index is 12.6. The van der Waals surface area contributed by atoms with Crippen molar-refractivity contribution < 1.29 is 9.53 Å². The van der Waals surface area contributed by atoms with Crippen molar-refractivity contribution in [3.05, 3.63) is 77.9 Å². The number of benzene rings is 3. The molecule has 0 saturated carbocycles. The van der Waals surface area contributed by atoms with Crippen molar-refractivity contribution in [3.63, 3.8) is 0 Å². The lowest BCUT2D eigenvalue weighted by atomic mass is 10.1. The number of nitrogens with zero attached hydrogens (tertiary/aromatic N) is 2. The zero-order valence-corrected chi connectivity index (χ0v) is 18.7. The Kier molecular flexibility index (Phi) is 6.40. The highest BCUT2D eigenvalue weighted by atomic mass is 16.5. The van der Waals surface area contributed by atoms with E-state index in [4.69, 9.17) is 9.72 Å². The third kappa shape index (κ3) is 4.75. The molecule has 0 aliphatic carbocycles. The summed E-state index contributed by atoms with van der Waals surface area (Å²) in [7, 11) is 0. The Morgan fingerprint density at radius 1 is 1.03 bits per heavy atom. The first-order chi connectivity index (χ1) is 15.6. The van der Waals surface area contributed by atoms with Gasteiger partial charge in [-0.15, -0.1) is 0 Å². The normalized spacial score (nSPS) is 10.8. The standard InChI is InChI=1S/C26H28N4O2/c1-4-30(5-2)24-16-22-21(27-25(28-22)20-13-11-18(3)12-14-20)15-23(24)29-26(31)32-17-19-9-7-6-8-10-19/h6-16H,4-5,17H2,1-3H3,(H,27,28)(H,29,31). The number of aromatic amines is 1. The maximum absolute atomic E-state index is 12.6. The van der Waals surface area contributed by atoms with Crippen LogP contribution in [-0.2, 0) is 11.3 Å². The van der Waals surface area contributed by atoms with Gasteiger partial charge in [0.15, 0.2) is 0 Å². The minimum Gasteiger partial charge on any atom is -0.444 e. The highest BCUT2D eigenvalue weighted by Crippen LogP contribution is 2.32. The molecule has 6 nitrogen and oxygen atoms in total. The molecule has 0 spiro atoms. The molecule has 1 aromatic heterocycles. The fourth-order valence-corrected chi connectivity index (χ4v) is 3.69. The van der Waals surface area contributed by atoms with Crippen LogP contribution < -0.4 is 10.2 Å². The number of imidazole rings is 1. The van der Waals surface area contributed by atoms with Gasteiger partial charge in [0.2, 0.25) is 0 Å². The monoisotopic (exact) mass is 428 g/mol. The molecule has 4 aromatic rings. The van der Waals surface area contributed by atoms with Crippen molar-refractivity contribution >= 4 is 28.5 Å². The van der Waals surface area contributed by atoms with E-state index in [9.17, 15) is 4.79 Å². The number of aryl methyl sites for hydroxylation is 1. The van der Waals surface area contributed by atoms with E-state index in [1.807, 2.05) is 42.5 Å². The lowest BCUT2D eigenvalue weighted by molar-refractivity contribution is 0.155. The van der Waals surface area contributed by atoms with Gasteiger partial charge in [0.05, 0.1) is 22.4 Å². The first kappa shape index (κ1) is 21.4. The summed E-state index contributed by atoms with van der Waals surface area (Å²) >= 11 is 0. The largest absolute Gasteiger partial charge is 0.444 e. The molecule has 0 aliphatic heterocycles. The maximum Gasteiger partial charge on any atom is 0.412 e. The second-order valence-electron chi connectivity index (χ2n) is 7.70. The van der Waals surface area contributed by atoms with Gasteiger partial charge in [-0.2, -0.15) is 0 Å². The first-order valence-corrected chi connectivity index (χ1v) is 10.9. The molecule has 0 aliphatic rings. The van der Waals surface area contributed by atoms with Crippen LogP contribution in [0.4, 0.5) is 16.2 Å². The number of carbonyl (C=O) groups is 1. The zero-order chi connectivity index (χ0) is 22.5. The second kappa shape index (κ2) is 9.56. The van der Waals surface area contributed by atoms with Crippen LogP contribution in [0.2, 0.25) is 0 Å². The molecule has 0 atom stereocenters. The van der Waals surface area contributed by atoms with Crippen molar-refractivity contribution in [2.24, 2.45) is 0 Å². The Labute approximate surface area is 188 Å². The van der Waals surface area contributed by atoms with Crippen LogP contribution in [0.3, 0.4) is 0 Å². The van der Waals surface area contributed by atoms with Crippen molar-refractivity contribution in [3.8, 4) is 11.4 Å². The van der Waals surface area contributed by atoms with Gasteiger partial charge in [0.25, 0.3) is 0 Å². The number of rotatable bonds is 7. The van der Waals surface area contributed by atoms with E-state index >= 15 is 0 Å². The van der Waals surface area contributed by atoms with Gasteiger partial charge in [-0.25, -0.2) is 9.78 Å². The van der Waals surface area contributed by atoms with Gasteiger partial charge in [-0.3, -0.25) is 5.32 Å². The number of aromatic nitrogens is 2. The molecule has 0 unspecified atom stereocenters. The summed E-state index contributed by atoms with van der Waals surface area (Å²) in [5.41, 5.74) is 6.49. The predicted octanol–water partition coefficient (Wildman–Crippen LogP) is 6.13. The Bertz CT molecular complexity index is 1200. The summed E-state index contributed by atoms with van der Waals surface area (Å²) in [6, 6.07) is 21.8. The van der Waals surface area contributed by atoms with Gasteiger partial charge >= 0.3 is 6.09 Å². The van der Waals surface area contributed by atoms with E-state index in [1.54, 1.807) is 0 Å². The number of nitrogens with one attached hydrogen (secondary N) is 2. The highest BCUT2D eigenvalue weighted by molar-refractivity contribution is 5.96. The molecule has 1 heterocycles. The number of ether oxygens (including phenoxy) is 1. The number of amides is 1. The van der Waals surface area contributed by atoms with Gasteiger partial charge < -0.3 is 14.6 Å². The molecule has 0 fully saturated rings. The Balaban J connectivity index is 1.63. The SMILES string of the molecule is CCN(CC)c1cc2nc(-c3ccc(C)cc3)[nH]c2cc1NC(=O)OCc1ccccc1. The van der Waals surface area contributed by atoms with E-state index in [0.717, 1.165) is 46.8 Å². The summed E-state index contributed by atoms with van der Waals surface area (Å²) in [6.45, 7) is 8.09. The summed E-state index contributed by atoms with van der Waals surface area (Å²) in [6.07, 6.45) is -0.486. The molecule has 3 aromatic carbocycles. The molecular weight excluding hydrogens is 400 g/mol. The number of hydrogen-bond donors (Lipinski definition) is 2. The third-order valence-corrected chi connectivity index (χ3v) is 5.48. The number of fused-ring (bicyclic) bond motifs is 1. The van der Waals surface area contributed by atoms with Crippen LogP contribution in [0, 0.1) is 6.92 Å². The minimum absolute atomic E-state index is 0.219. The summed E-state index contributed by atoms with van der Waals surface area (Å²) < 4.78 is 5.44. The van der Waals surface area contributed by atoms with E-state index in [0.29, 0.717) is 5.69 Å². The van der Waals surface area contributed by atoms with Gasteiger partial charge in [-0.1, -0.05) is 60.2 Å². The minimum atomic E-state index is -0.486. The Morgan fingerprint density at radius 3 is 2.44 bits per heavy atom. The Morgan fingerprint density at radius 2 is 1.75 bits per heavy atom. The fourth-order valence-electron chi connectivity index (χ4n) is 3.69. The van der Waals surface area contributed by atoms with Crippen LogP contribution in [-0.4, -0.2) is 29.2 Å². The summed E-state index contributed by atoms with van der Waals surface area (Å²) in [5.74, 6) is 0.800. The molecule has 164 valence electrons. The molecule has 6 heteroatoms. The second-order valence-corrected chi connectivity index (χ2v) is 7.70. The average molecular weight is 429 g/mol. The van der Waals surface area contributed by atoms with Gasteiger partial charge in [-0.05, 0) is 38.5 Å². The van der Waals surface area contributed by atoms with Crippen molar-refractivity contribution in [2.45, 2.75) is 27.4 Å². The zero-order valence-electron chi connectivity index (χ0n) is 18.7. The smallest absolute Gasteiger partial charge is 0.412 e. The number of hydrogen-bond acceptors (Lipinski definition) is 4. The topological polar surface area (TPSA) is 70.2 Å². The van der Waals surface area contributed by atoms with Crippen LogP contribution in [0.1, 0.15) is 25.0 Å². The summed E-state index contributed by atoms with van der Waals surface area (Å²) in [4.78, 5) is 22.9. The number of H-pyrrole nitrogens is 1. The van der Waals surface area contributed by atoms with Crippen LogP contribution in [0.5, 0.6) is 0 Å². The van der Waals surface area contributed by atoms with Crippen LogP contribution in [0.15, 0.2) is 66.7 Å². The van der Waals surface area contributed by atoms with E-state index in [1.165, 1.54) is 5.56 Å². The first-order valence-electron chi connectivity index (χ1n) is 10.9. The van der Waals surface area contributed by atoms with E-state index < -0.39 is 6.09 Å². The Hall–Kier alpha value is -3.80. The van der Waals surface area contributed by atoms with Crippen LogP contribution >= 0.6 is 0 Å².